The Balaban J connectivity index is 1.89. The first-order chi connectivity index (χ1) is 11.4. The normalized spacial score (nSPS) is 11.9. The molecule has 3 aromatic rings. The van der Waals surface area contributed by atoms with E-state index in [1.54, 1.807) is 30.9 Å². The highest BCUT2D eigenvalue weighted by atomic mass is 35.5. The first-order valence-electron chi connectivity index (χ1n) is 7.56. The van der Waals surface area contributed by atoms with E-state index in [1.807, 2.05) is 13.0 Å². The van der Waals surface area contributed by atoms with Gasteiger partial charge in [-0.25, -0.2) is 0 Å². The van der Waals surface area contributed by atoms with Crippen LogP contribution in [0.2, 0.25) is 5.15 Å². The van der Waals surface area contributed by atoms with Crippen molar-refractivity contribution in [2.75, 3.05) is 11.9 Å². The fourth-order valence-electron chi connectivity index (χ4n) is 2.30. The van der Waals surface area contributed by atoms with Crippen molar-refractivity contribution < 1.29 is 9.84 Å². The molecule has 3 rings (SSSR count). The Morgan fingerprint density at radius 3 is 2.92 bits per heavy atom. The molecule has 0 aromatic carbocycles. The number of nitrogens with zero attached hydrogens (tertiary/aromatic N) is 4. The van der Waals surface area contributed by atoms with Crippen molar-refractivity contribution in [3.63, 3.8) is 0 Å². The Morgan fingerprint density at radius 1 is 1.42 bits per heavy atom. The van der Waals surface area contributed by atoms with Gasteiger partial charge in [0.2, 0.25) is 11.8 Å². The number of hydrogen-bond donors (Lipinski definition) is 3. The third-order valence-electron chi connectivity index (χ3n) is 3.17. The van der Waals surface area contributed by atoms with Crippen molar-refractivity contribution in [1.82, 2.24) is 24.7 Å². The van der Waals surface area contributed by atoms with E-state index in [-0.39, 0.29) is 5.15 Å². The molecule has 0 atom stereocenters. The van der Waals surface area contributed by atoms with Gasteiger partial charge in [0.05, 0.1) is 36.0 Å². The Hall–Kier alpha value is -2.32. The standard InChI is InChI=1S/C15H19ClN6O2/c1-4-24-13-9-5-6-17-12(9)19-14(20-13)18-10-7-22(21-11(10)16)8-15(2,3)23/h5-7,23H,4,8H2,1-3H3,(H2,17,18,19,20). The second kappa shape index (κ2) is 6.29. The Labute approximate surface area is 143 Å². The molecular weight excluding hydrogens is 332 g/mol. The number of aliphatic hydroxyl groups is 1. The van der Waals surface area contributed by atoms with E-state index in [0.717, 1.165) is 5.39 Å². The molecule has 8 nitrogen and oxygen atoms in total. The molecule has 0 saturated heterocycles. The predicted molar refractivity (Wildman–Crippen MR) is 91.9 cm³/mol. The summed E-state index contributed by atoms with van der Waals surface area (Å²) in [7, 11) is 0. The van der Waals surface area contributed by atoms with Gasteiger partial charge in [0.15, 0.2) is 5.15 Å². The quantitative estimate of drug-likeness (QED) is 0.632. The van der Waals surface area contributed by atoms with Crippen LogP contribution in [-0.4, -0.2) is 42.0 Å². The van der Waals surface area contributed by atoms with Gasteiger partial charge in [-0.2, -0.15) is 15.1 Å². The molecular formula is C15H19ClN6O2. The fraction of sp³-hybridized carbons (Fsp3) is 0.400. The van der Waals surface area contributed by atoms with Gasteiger partial charge in [-0.3, -0.25) is 4.68 Å². The lowest BCUT2D eigenvalue weighted by molar-refractivity contribution is 0.0578. The zero-order chi connectivity index (χ0) is 17.3. The highest BCUT2D eigenvalue weighted by Crippen LogP contribution is 2.27. The number of aromatic nitrogens is 5. The fourth-order valence-corrected chi connectivity index (χ4v) is 2.49. The smallest absolute Gasteiger partial charge is 0.232 e. The summed E-state index contributed by atoms with van der Waals surface area (Å²) in [6.07, 6.45) is 3.48. The summed E-state index contributed by atoms with van der Waals surface area (Å²) in [5, 5.41) is 18.2. The third kappa shape index (κ3) is 3.60. The van der Waals surface area contributed by atoms with E-state index in [9.17, 15) is 5.11 Å². The average molecular weight is 351 g/mol. The van der Waals surface area contributed by atoms with Gasteiger partial charge in [-0.15, -0.1) is 0 Å². The molecule has 0 amide bonds. The van der Waals surface area contributed by atoms with Gasteiger partial charge < -0.3 is 20.1 Å². The maximum atomic E-state index is 9.88. The van der Waals surface area contributed by atoms with E-state index in [4.69, 9.17) is 16.3 Å². The molecule has 24 heavy (non-hydrogen) atoms. The summed E-state index contributed by atoms with van der Waals surface area (Å²) >= 11 is 6.15. The van der Waals surface area contributed by atoms with Crippen LogP contribution in [-0.2, 0) is 6.54 Å². The molecule has 9 heteroatoms. The Morgan fingerprint density at radius 2 is 2.21 bits per heavy atom. The van der Waals surface area contributed by atoms with Crippen LogP contribution in [0, 0.1) is 0 Å². The average Bonchev–Trinajstić information content (AvgIpc) is 3.05. The monoisotopic (exact) mass is 350 g/mol. The molecule has 128 valence electrons. The summed E-state index contributed by atoms with van der Waals surface area (Å²) in [4.78, 5) is 11.8. The van der Waals surface area contributed by atoms with Crippen molar-refractivity contribution >= 4 is 34.3 Å². The van der Waals surface area contributed by atoms with Crippen LogP contribution in [0.15, 0.2) is 18.5 Å². The first-order valence-corrected chi connectivity index (χ1v) is 7.94. The Kier molecular flexibility index (Phi) is 4.33. The van der Waals surface area contributed by atoms with Gasteiger partial charge in [0, 0.05) is 6.20 Å². The van der Waals surface area contributed by atoms with Gasteiger partial charge in [-0.05, 0) is 26.8 Å². The second-order valence-electron chi connectivity index (χ2n) is 5.99. The summed E-state index contributed by atoms with van der Waals surface area (Å²) < 4.78 is 7.13. The maximum Gasteiger partial charge on any atom is 0.232 e. The van der Waals surface area contributed by atoms with Crippen molar-refractivity contribution in [1.29, 1.82) is 0 Å². The van der Waals surface area contributed by atoms with Crippen LogP contribution < -0.4 is 10.1 Å². The molecule has 0 aliphatic rings. The van der Waals surface area contributed by atoms with Gasteiger partial charge in [0.1, 0.15) is 5.65 Å². The SMILES string of the molecule is CCOc1nc(Nc2cn(CC(C)(C)O)nc2Cl)nc2[nH]ccc12. The summed E-state index contributed by atoms with van der Waals surface area (Å²) in [5.41, 5.74) is 0.319. The lowest BCUT2D eigenvalue weighted by atomic mass is 10.1. The summed E-state index contributed by atoms with van der Waals surface area (Å²) in [6, 6.07) is 1.86. The summed E-state index contributed by atoms with van der Waals surface area (Å²) in [6.45, 7) is 6.11. The van der Waals surface area contributed by atoms with Gasteiger partial charge in [0.25, 0.3) is 0 Å². The highest BCUT2D eigenvalue weighted by Gasteiger charge is 2.17. The zero-order valence-corrected chi connectivity index (χ0v) is 14.4. The molecule has 3 aromatic heterocycles. The molecule has 0 aliphatic carbocycles. The molecule has 0 fully saturated rings. The van der Waals surface area contributed by atoms with Gasteiger partial charge in [-0.1, -0.05) is 11.6 Å². The lowest BCUT2D eigenvalue weighted by Gasteiger charge is -2.16. The second-order valence-corrected chi connectivity index (χ2v) is 6.35. The number of nitrogens with one attached hydrogen (secondary N) is 2. The largest absolute Gasteiger partial charge is 0.477 e. The predicted octanol–water partition coefficient (Wildman–Crippen LogP) is 2.72. The molecule has 0 saturated carbocycles. The first kappa shape index (κ1) is 16.5. The number of rotatable bonds is 6. The van der Waals surface area contributed by atoms with E-state index in [0.29, 0.717) is 36.3 Å². The van der Waals surface area contributed by atoms with E-state index in [2.05, 4.69) is 25.4 Å². The number of ether oxygens (including phenoxy) is 1. The van der Waals surface area contributed by atoms with Crippen molar-refractivity contribution in [3.05, 3.63) is 23.6 Å². The lowest BCUT2D eigenvalue weighted by Crippen LogP contribution is -2.26. The molecule has 0 spiro atoms. The van der Waals surface area contributed by atoms with Crippen LogP contribution in [0.4, 0.5) is 11.6 Å². The van der Waals surface area contributed by atoms with E-state index in [1.165, 1.54) is 0 Å². The van der Waals surface area contributed by atoms with Crippen LogP contribution >= 0.6 is 11.6 Å². The van der Waals surface area contributed by atoms with Crippen molar-refractivity contribution in [2.45, 2.75) is 32.9 Å². The minimum Gasteiger partial charge on any atom is -0.477 e. The van der Waals surface area contributed by atoms with Crippen LogP contribution in [0.1, 0.15) is 20.8 Å². The van der Waals surface area contributed by atoms with Gasteiger partial charge >= 0.3 is 0 Å². The van der Waals surface area contributed by atoms with Crippen molar-refractivity contribution in [2.24, 2.45) is 0 Å². The molecule has 0 aliphatic heterocycles. The van der Waals surface area contributed by atoms with Crippen molar-refractivity contribution in [3.8, 4) is 5.88 Å². The molecule has 0 unspecified atom stereocenters. The number of halogens is 1. The number of anilines is 2. The van der Waals surface area contributed by atoms with E-state index >= 15 is 0 Å². The maximum absolute atomic E-state index is 9.88. The van der Waals surface area contributed by atoms with Crippen LogP contribution in [0.3, 0.4) is 0 Å². The van der Waals surface area contributed by atoms with Crippen LogP contribution in [0.5, 0.6) is 5.88 Å². The molecule has 0 radical (unpaired) electrons. The third-order valence-corrected chi connectivity index (χ3v) is 3.45. The summed E-state index contributed by atoms with van der Waals surface area (Å²) in [5.74, 6) is 0.837. The minimum atomic E-state index is -0.894. The van der Waals surface area contributed by atoms with Crippen LogP contribution in [0.25, 0.3) is 11.0 Å². The number of fused-ring (bicyclic) bond motifs is 1. The number of hydrogen-bond acceptors (Lipinski definition) is 6. The molecule has 0 bridgehead atoms. The topological polar surface area (TPSA) is 101 Å². The Bertz CT molecular complexity index is 851. The van der Waals surface area contributed by atoms with E-state index < -0.39 is 5.60 Å². The highest BCUT2D eigenvalue weighted by molar-refractivity contribution is 6.32. The zero-order valence-electron chi connectivity index (χ0n) is 13.7. The number of aromatic amines is 1. The molecule has 3 N–H and O–H groups in total. The molecule has 3 heterocycles. The number of H-pyrrole nitrogens is 1. The minimum absolute atomic E-state index is 0.271.